The van der Waals surface area contributed by atoms with Crippen LogP contribution < -0.4 is 0 Å². The molecule has 2 aliphatic carbocycles. The van der Waals surface area contributed by atoms with Gasteiger partial charge in [0.25, 0.3) is 0 Å². The van der Waals surface area contributed by atoms with E-state index in [1.54, 1.807) is 0 Å². The van der Waals surface area contributed by atoms with Gasteiger partial charge in [-0.1, -0.05) is 64.7 Å². The molecule has 124 valence electrons. The minimum absolute atomic E-state index is 0.180. The Morgan fingerprint density at radius 2 is 1.57 bits per heavy atom. The summed E-state index contributed by atoms with van der Waals surface area (Å²) in [5.74, 6) is 3.29. The van der Waals surface area contributed by atoms with Gasteiger partial charge in [-0.3, -0.25) is 0 Å². The van der Waals surface area contributed by atoms with Crippen molar-refractivity contribution in [2.24, 2.45) is 23.2 Å². The summed E-state index contributed by atoms with van der Waals surface area (Å²) in [5, 5.41) is 10.3. The van der Waals surface area contributed by atoms with Gasteiger partial charge in [-0.2, -0.15) is 12.6 Å². The van der Waals surface area contributed by atoms with Crippen LogP contribution in [-0.2, 0) is 0 Å². The zero-order chi connectivity index (χ0) is 15.1. The first-order chi connectivity index (χ1) is 10.3. The van der Waals surface area contributed by atoms with E-state index in [-0.39, 0.29) is 5.41 Å². The van der Waals surface area contributed by atoms with Gasteiger partial charge in [-0.25, -0.2) is 0 Å². The Labute approximate surface area is 137 Å². The van der Waals surface area contributed by atoms with E-state index in [9.17, 15) is 5.11 Å². The number of aliphatic hydroxyl groups is 1. The molecule has 4 atom stereocenters. The first-order valence-electron chi connectivity index (χ1n) is 9.49. The second kappa shape index (κ2) is 8.82. The number of hydrogen-bond donors (Lipinski definition) is 2. The van der Waals surface area contributed by atoms with Crippen molar-refractivity contribution in [3.8, 4) is 0 Å². The molecule has 0 aromatic rings. The largest absolute Gasteiger partial charge is 0.396 e. The normalized spacial score (nSPS) is 39.3. The molecule has 2 rings (SSSR count). The van der Waals surface area contributed by atoms with E-state index in [2.05, 4.69) is 6.92 Å². The van der Waals surface area contributed by atoms with Crippen LogP contribution >= 0.6 is 12.6 Å². The molecule has 1 nitrogen and oxygen atoms in total. The van der Waals surface area contributed by atoms with Crippen molar-refractivity contribution >= 4 is 12.6 Å². The molecule has 0 amide bonds. The van der Waals surface area contributed by atoms with Gasteiger partial charge in [0.15, 0.2) is 0 Å². The molecular weight excluding hydrogens is 276 g/mol. The Bertz CT molecular complexity index is 287. The molecule has 0 bridgehead atoms. The molecule has 2 saturated carbocycles. The van der Waals surface area contributed by atoms with E-state index in [0.717, 1.165) is 24.0 Å². The van der Waals surface area contributed by atoms with Crippen LogP contribution in [0.1, 0.15) is 84.0 Å². The standard InChI is InChI=1S/C19H36OS/c1-2-19(15-20)13-9-4-3-6-10-16-11-7-5-8-12-17(14-21)18(16)19/h16-18,20-21H,2-15H2,1H3. The van der Waals surface area contributed by atoms with Gasteiger partial charge < -0.3 is 5.11 Å². The molecule has 4 unspecified atom stereocenters. The average molecular weight is 313 g/mol. The summed E-state index contributed by atoms with van der Waals surface area (Å²) in [6, 6.07) is 0. The van der Waals surface area contributed by atoms with Gasteiger partial charge in [-0.15, -0.1) is 0 Å². The fourth-order valence-electron chi connectivity index (χ4n) is 5.38. The lowest BCUT2D eigenvalue weighted by molar-refractivity contribution is -0.0229. The first-order valence-corrected chi connectivity index (χ1v) is 10.1. The maximum Gasteiger partial charge on any atom is 0.0490 e. The van der Waals surface area contributed by atoms with E-state index in [4.69, 9.17) is 12.6 Å². The zero-order valence-corrected chi connectivity index (χ0v) is 14.9. The number of hydrogen-bond acceptors (Lipinski definition) is 2. The van der Waals surface area contributed by atoms with Crippen molar-refractivity contribution in [3.05, 3.63) is 0 Å². The third-order valence-corrected chi connectivity index (χ3v) is 7.09. The molecule has 0 heterocycles. The minimum Gasteiger partial charge on any atom is -0.396 e. The Kier molecular flexibility index (Phi) is 7.41. The predicted molar refractivity (Wildman–Crippen MR) is 94.9 cm³/mol. The van der Waals surface area contributed by atoms with Crippen LogP contribution in [-0.4, -0.2) is 17.5 Å². The first kappa shape index (κ1) is 17.7. The number of fused-ring (bicyclic) bond motifs is 1. The minimum atomic E-state index is 0.180. The molecule has 0 aromatic heterocycles. The number of thiol groups is 1. The summed E-state index contributed by atoms with van der Waals surface area (Å²) in [7, 11) is 0. The Morgan fingerprint density at radius 3 is 2.19 bits per heavy atom. The second-order valence-corrected chi connectivity index (χ2v) is 8.06. The van der Waals surface area contributed by atoms with Crippen molar-refractivity contribution in [3.63, 3.8) is 0 Å². The van der Waals surface area contributed by atoms with Crippen LogP contribution in [0.2, 0.25) is 0 Å². The van der Waals surface area contributed by atoms with Crippen LogP contribution in [0.4, 0.5) is 0 Å². The van der Waals surface area contributed by atoms with Gasteiger partial charge in [0.05, 0.1) is 0 Å². The highest BCUT2D eigenvalue weighted by Crippen LogP contribution is 2.50. The predicted octanol–water partition coefficient (Wildman–Crippen LogP) is 5.47. The van der Waals surface area contributed by atoms with Crippen molar-refractivity contribution < 1.29 is 5.11 Å². The highest BCUT2D eigenvalue weighted by Gasteiger charge is 2.44. The third kappa shape index (κ3) is 4.19. The van der Waals surface area contributed by atoms with Gasteiger partial charge in [0.2, 0.25) is 0 Å². The highest BCUT2D eigenvalue weighted by atomic mass is 32.1. The lowest BCUT2D eigenvalue weighted by Gasteiger charge is -2.48. The van der Waals surface area contributed by atoms with E-state index >= 15 is 0 Å². The average Bonchev–Trinajstić information content (AvgIpc) is 2.57. The Balaban J connectivity index is 2.32. The van der Waals surface area contributed by atoms with Crippen molar-refractivity contribution in [2.75, 3.05) is 12.4 Å². The maximum absolute atomic E-state index is 10.3. The highest BCUT2D eigenvalue weighted by molar-refractivity contribution is 7.80. The quantitative estimate of drug-likeness (QED) is 0.662. The summed E-state index contributed by atoms with van der Waals surface area (Å²) in [5.41, 5.74) is 0.180. The van der Waals surface area contributed by atoms with Gasteiger partial charge in [0.1, 0.15) is 0 Å². The van der Waals surface area contributed by atoms with E-state index in [0.29, 0.717) is 12.5 Å². The Hall–Kier alpha value is 0.310. The molecule has 0 saturated heterocycles. The molecule has 21 heavy (non-hydrogen) atoms. The molecule has 2 fully saturated rings. The van der Waals surface area contributed by atoms with E-state index in [1.807, 2.05) is 0 Å². The smallest absolute Gasteiger partial charge is 0.0490 e. The number of rotatable bonds is 3. The molecule has 0 spiro atoms. The fourth-order valence-corrected chi connectivity index (χ4v) is 5.78. The molecule has 2 aliphatic rings. The third-order valence-electron chi connectivity index (χ3n) is 6.63. The fraction of sp³-hybridized carbons (Fsp3) is 1.00. The van der Waals surface area contributed by atoms with Gasteiger partial charge in [-0.05, 0) is 48.2 Å². The number of aliphatic hydroxyl groups excluding tert-OH is 1. The summed E-state index contributed by atoms with van der Waals surface area (Å²) < 4.78 is 0. The van der Waals surface area contributed by atoms with Gasteiger partial charge >= 0.3 is 0 Å². The van der Waals surface area contributed by atoms with Crippen LogP contribution in [0.5, 0.6) is 0 Å². The van der Waals surface area contributed by atoms with Crippen LogP contribution in [0.25, 0.3) is 0 Å². The van der Waals surface area contributed by atoms with Crippen molar-refractivity contribution in [1.82, 2.24) is 0 Å². The molecule has 1 N–H and O–H groups in total. The topological polar surface area (TPSA) is 20.2 Å². The summed E-state index contributed by atoms with van der Waals surface area (Å²) in [4.78, 5) is 0. The van der Waals surface area contributed by atoms with Crippen LogP contribution in [0.3, 0.4) is 0 Å². The summed E-state index contributed by atoms with van der Waals surface area (Å²) in [6.07, 6.45) is 16.2. The summed E-state index contributed by atoms with van der Waals surface area (Å²) >= 11 is 4.73. The molecule has 0 radical (unpaired) electrons. The Morgan fingerprint density at radius 1 is 0.952 bits per heavy atom. The molecular formula is C19H36OS. The lowest BCUT2D eigenvalue weighted by atomic mass is 9.58. The van der Waals surface area contributed by atoms with E-state index in [1.165, 1.54) is 70.6 Å². The second-order valence-electron chi connectivity index (χ2n) is 7.69. The SMILES string of the molecule is CCC1(CO)CCCCCCC2CCCCCC(CS)C21. The molecule has 0 aliphatic heterocycles. The van der Waals surface area contributed by atoms with E-state index < -0.39 is 0 Å². The van der Waals surface area contributed by atoms with Crippen LogP contribution in [0.15, 0.2) is 0 Å². The summed E-state index contributed by atoms with van der Waals surface area (Å²) in [6.45, 7) is 2.72. The lowest BCUT2D eigenvalue weighted by Crippen LogP contribution is -2.44. The monoisotopic (exact) mass is 312 g/mol. The molecule has 0 aromatic carbocycles. The zero-order valence-electron chi connectivity index (χ0n) is 14.0. The van der Waals surface area contributed by atoms with Crippen molar-refractivity contribution in [2.45, 2.75) is 84.0 Å². The molecule has 2 heteroatoms. The van der Waals surface area contributed by atoms with Crippen LogP contribution in [0, 0.1) is 23.2 Å². The van der Waals surface area contributed by atoms with Crippen molar-refractivity contribution in [1.29, 1.82) is 0 Å². The maximum atomic E-state index is 10.3. The van der Waals surface area contributed by atoms with Gasteiger partial charge in [0, 0.05) is 6.61 Å².